The summed E-state index contributed by atoms with van der Waals surface area (Å²) in [6.45, 7) is -0.164. The van der Waals surface area contributed by atoms with Crippen molar-refractivity contribution in [2.45, 2.75) is 12.8 Å². The number of alkyl halides is 3. The molecule has 1 aliphatic heterocycles. The zero-order valence-corrected chi connectivity index (χ0v) is 20.8. The molecule has 1 amide bonds. The number of rotatable bonds is 6. The van der Waals surface area contributed by atoms with Crippen molar-refractivity contribution < 1.29 is 31.8 Å². The van der Waals surface area contributed by atoms with E-state index in [2.05, 4.69) is 0 Å². The molecule has 4 rings (SSSR count). The maximum Gasteiger partial charge on any atom is 0.416 e. The highest BCUT2D eigenvalue weighted by atomic mass is 35.5. The predicted octanol–water partition coefficient (Wildman–Crippen LogP) is 7.49. The second kappa shape index (κ2) is 10.5. The van der Waals surface area contributed by atoms with E-state index >= 15 is 0 Å². The normalized spacial score (nSPS) is 15.1. The molecule has 4 nitrogen and oxygen atoms in total. The molecule has 0 aliphatic carbocycles. The van der Waals surface area contributed by atoms with Gasteiger partial charge in [0.2, 0.25) is 0 Å². The lowest BCUT2D eigenvalue weighted by atomic mass is 10.1. The summed E-state index contributed by atoms with van der Waals surface area (Å²) in [7, 11) is 1.44. The van der Waals surface area contributed by atoms with Crippen LogP contribution in [0.3, 0.4) is 0 Å². The molecule has 0 spiro atoms. The molecule has 3 aromatic carbocycles. The lowest BCUT2D eigenvalue weighted by molar-refractivity contribution is -0.137. The molecular weight excluding hydrogens is 538 g/mol. The standard InChI is InChI=1S/C25H16ClF4NO3S2/c1-33-20-9-8-14(10-21(20)34-13-17-18(26)6-3-7-19(17)27)11-22-23(32)31(24(35)36-22)16-5-2-4-15(12-16)25(28,29)30/h2-12H,13H2,1H3/b22-11+. The summed E-state index contributed by atoms with van der Waals surface area (Å²) in [5, 5.41) is 0.211. The van der Waals surface area contributed by atoms with Crippen molar-refractivity contribution in [3.8, 4) is 11.5 Å². The molecule has 1 aliphatic rings. The summed E-state index contributed by atoms with van der Waals surface area (Å²) >= 11 is 12.3. The average Bonchev–Trinajstić information content (AvgIpc) is 3.11. The lowest BCUT2D eigenvalue weighted by Crippen LogP contribution is -2.27. The number of thioether (sulfide) groups is 1. The molecular formula is C25H16ClF4NO3S2. The number of carbonyl (C=O) groups excluding carboxylic acids is 1. The molecule has 1 fully saturated rings. The van der Waals surface area contributed by atoms with Crippen LogP contribution in [0.1, 0.15) is 16.7 Å². The highest BCUT2D eigenvalue weighted by Crippen LogP contribution is 2.39. The Morgan fingerprint density at radius 1 is 1.08 bits per heavy atom. The van der Waals surface area contributed by atoms with Gasteiger partial charge in [0.25, 0.3) is 5.91 Å². The Kier molecular flexibility index (Phi) is 7.58. The first-order valence-electron chi connectivity index (χ1n) is 10.3. The van der Waals surface area contributed by atoms with Crippen LogP contribution in [0.25, 0.3) is 6.08 Å². The van der Waals surface area contributed by atoms with E-state index in [-0.39, 0.29) is 37.9 Å². The minimum Gasteiger partial charge on any atom is -0.493 e. The Bertz CT molecular complexity index is 1360. The summed E-state index contributed by atoms with van der Waals surface area (Å²) in [5.41, 5.74) is -0.148. The number of amides is 1. The Morgan fingerprint density at radius 2 is 1.83 bits per heavy atom. The Morgan fingerprint density at radius 3 is 2.53 bits per heavy atom. The molecule has 0 atom stereocenters. The van der Waals surface area contributed by atoms with E-state index in [0.29, 0.717) is 11.3 Å². The SMILES string of the molecule is COc1ccc(/C=C2/SC(=S)N(c3cccc(C(F)(F)F)c3)C2=O)cc1OCc1c(F)cccc1Cl. The highest BCUT2D eigenvalue weighted by molar-refractivity contribution is 8.27. The minimum absolute atomic E-state index is 0.0243. The van der Waals surface area contributed by atoms with Gasteiger partial charge in [-0.2, -0.15) is 13.2 Å². The minimum atomic E-state index is -4.56. The molecule has 0 N–H and O–H groups in total. The van der Waals surface area contributed by atoms with Crippen molar-refractivity contribution in [1.29, 1.82) is 0 Å². The summed E-state index contributed by atoms with van der Waals surface area (Å²) < 4.78 is 64.6. The number of hydrogen-bond acceptors (Lipinski definition) is 5. The second-order valence-electron chi connectivity index (χ2n) is 7.46. The van der Waals surface area contributed by atoms with Crippen molar-refractivity contribution in [2.24, 2.45) is 0 Å². The molecule has 0 radical (unpaired) electrons. The third-order valence-corrected chi connectivity index (χ3v) is 6.80. The number of methoxy groups -OCH3 is 1. The van der Waals surface area contributed by atoms with Gasteiger partial charge >= 0.3 is 6.18 Å². The van der Waals surface area contributed by atoms with Gasteiger partial charge < -0.3 is 9.47 Å². The number of halogens is 5. The van der Waals surface area contributed by atoms with Crippen LogP contribution in [0, 0.1) is 5.82 Å². The largest absolute Gasteiger partial charge is 0.493 e. The van der Waals surface area contributed by atoms with E-state index in [1.807, 2.05) is 0 Å². The van der Waals surface area contributed by atoms with Crippen LogP contribution < -0.4 is 14.4 Å². The zero-order chi connectivity index (χ0) is 26.0. The first kappa shape index (κ1) is 26.0. The van der Waals surface area contributed by atoms with Gasteiger partial charge in [-0.3, -0.25) is 9.69 Å². The monoisotopic (exact) mass is 553 g/mol. The summed E-state index contributed by atoms with van der Waals surface area (Å²) in [6, 6.07) is 13.6. The van der Waals surface area contributed by atoms with E-state index in [1.165, 1.54) is 37.5 Å². The lowest BCUT2D eigenvalue weighted by Gasteiger charge is -2.16. The van der Waals surface area contributed by atoms with Gasteiger partial charge in [-0.15, -0.1) is 0 Å². The third-order valence-electron chi connectivity index (χ3n) is 5.14. The summed E-state index contributed by atoms with van der Waals surface area (Å²) in [6.07, 6.45) is -3.02. The van der Waals surface area contributed by atoms with Crippen LogP contribution in [0.15, 0.2) is 65.6 Å². The quantitative estimate of drug-likeness (QED) is 0.180. The van der Waals surface area contributed by atoms with E-state index in [4.69, 9.17) is 33.3 Å². The molecule has 186 valence electrons. The van der Waals surface area contributed by atoms with Gasteiger partial charge in [0, 0.05) is 5.56 Å². The molecule has 1 heterocycles. The maximum absolute atomic E-state index is 14.1. The molecule has 11 heteroatoms. The van der Waals surface area contributed by atoms with Crippen molar-refractivity contribution in [3.05, 3.63) is 93.1 Å². The first-order valence-corrected chi connectivity index (χ1v) is 11.9. The molecule has 0 aromatic heterocycles. The Hall–Kier alpha value is -3.08. The number of benzene rings is 3. The zero-order valence-electron chi connectivity index (χ0n) is 18.4. The van der Waals surface area contributed by atoms with Crippen molar-refractivity contribution in [3.63, 3.8) is 0 Å². The van der Waals surface area contributed by atoms with E-state index in [0.717, 1.165) is 28.8 Å². The molecule has 1 saturated heterocycles. The highest BCUT2D eigenvalue weighted by Gasteiger charge is 2.36. The Labute approximate surface area is 218 Å². The summed E-state index contributed by atoms with van der Waals surface area (Å²) in [5.74, 6) is -0.424. The molecule has 0 saturated carbocycles. The smallest absolute Gasteiger partial charge is 0.416 e. The number of hydrogen-bond donors (Lipinski definition) is 0. The van der Waals surface area contributed by atoms with Gasteiger partial charge in [-0.1, -0.05) is 53.8 Å². The van der Waals surface area contributed by atoms with Crippen molar-refractivity contribution in [1.82, 2.24) is 0 Å². The number of nitrogens with zero attached hydrogens (tertiary/aromatic N) is 1. The predicted molar refractivity (Wildman–Crippen MR) is 136 cm³/mol. The van der Waals surface area contributed by atoms with Crippen LogP contribution >= 0.6 is 35.6 Å². The average molecular weight is 554 g/mol. The summed E-state index contributed by atoms with van der Waals surface area (Å²) in [4.78, 5) is 14.3. The van der Waals surface area contributed by atoms with Gasteiger partial charge in [-0.25, -0.2) is 4.39 Å². The first-order chi connectivity index (χ1) is 17.1. The fourth-order valence-corrected chi connectivity index (χ4v) is 4.90. The number of carbonyl (C=O) groups is 1. The van der Waals surface area contributed by atoms with Crippen molar-refractivity contribution >= 4 is 57.6 Å². The topological polar surface area (TPSA) is 38.8 Å². The van der Waals surface area contributed by atoms with Gasteiger partial charge in [0.05, 0.1) is 28.3 Å². The number of thiocarbonyl (C=S) groups is 1. The van der Waals surface area contributed by atoms with Crippen LogP contribution in [0.2, 0.25) is 5.02 Å². The van der Waals surface area contributed by atoms with E-state index in [9.17, 15) is 22.4 Å². The van der Waals surface area contributed by atoms with Gasteiger partial charge in [0.15, 0.2) is 15.8 Å². The Balaban J connectivity index is 1.60. The van der Waals surface area contributed by atoms with Crippen molar-refractivity contribution in [2.75, 3.05) is 12.0 Å². The fraction of sp³-hybridized carbons (Fsp3) is 0.120. The van der Waals surface area contributed by atoms with E-state index in [1.54, 1.807) is 24.3 Å². The molecule has 0 unspecified atom stereocenters. The van der Waals surface area contributed by atoms with Crippen LogP contribution in [-0.2, 0) is 17.6 Å². The van der Waals surface area contributed by atoms with Crippen LogP contribution in [0.5, 0.6) is 11.5 Å². The number of anilines is 1. The second-order valence-corrected chi connectivity index (χ2v) is 9.55. The van der Waals surface area contributed by atoms with Crippen LogP contribution in [-0.4, -0.2) is 17.3 Å². The van der Waals surface area contributed by atoms with E-state index < -0.39 is 23.5 Å². The third kappa shape index (κ3) is 5.50. The maximum atomic E-state index is 14.1. The van der Waals surface area contributed by atoms with Gasteiger partial charge in [-0.05, 0) is 54.1 Å². The fourth-order valence-electron chi connectivity index (χ4n) is 3.38. The van der Waals surface area contributed by atoms with Crippen LogP contribution in [0.4, 0.5) is 23.2 Å². The molecule has 36 heavy (non-hydrogen) atoms. The van der Waals surface area contributed by atoms with Gasteiger partial charge in [0.1, 0.15) is 12.4 Å². The molecule has 0 bridgehead atoms. The number of ether oxygens (including phenoxy) is 2. The molecule has 3 aromatic rings.